The lowest BCUT2D eigenvalue weighted by Gasteiger charge is -2.35. The van der Waals surface area contributed by atoms with Gasteiger partial charge in [0.05, 0.1) is 12.8 Å². The molecule has 2 rings (SSSR count). The van der Waals surface area contributed by atoms with Gasteiger partial charge in [-0.3, -0.25) is 4.90 Å². The molecule has 1 aromatic rings. The van der Waals surface area contributed by atoms with Crippen molar-refractivity contribution in [3.05, 3.63) is 24.2 Å². The van der Waals surface area contributed by atoms with Crippen LogP contribution in [0.1, 0.15) is 25.5 Å². The largest absolute Gasteiger partial charge is 0.468 e. The number of furan rings is 1. The third kappa shape index (κ3) is 4.29. The molecule has 6 nitrogen and oxygen atoms in total. The highest BCUT2D eigenvalue weighted by Gasteiger charge is 2.30. The van der Waals surface area contributed by atoms with Crippen LogP contribution in [0.15, 0.2) is 22.8 Å². The first-order chi connectivity index (χ1) is 10.0. The predicted octanol–water partition coefficient (Wildman–Crippen LogP) is 1.37. The van der Waals surface area contributed by atoms with Gasteiger partial charge in [0.1, 0.15) is 5.76 Å². The molecule has 0 radical (unpaired) electrons. The third-order valence-corrected chi connectivity index (χ3v) is 5.83. The zero-order chi connectivity index (χ0) is 15.3. The summed E-state index contributed by atoms with van der Waals surface area (Å²) >= 11 is 0. The second kappa shape index (κ2) is 7.40. The van der Waals surface area contributed by atoms with Gasteiger partial charge in [-0.05, 0) is 18.6 Å². The van der Waals surface area contributed by atoms with Gasteiger partial charge in [0.25, 0.3) is 10.2 Å². The monoisotopic (exact) mass is 315 g/mol. The third-order valence-electron chi connectivity index (χ3n) is 3.84. The fourth-order valence-corrected chi connectivity index (χ4v) is 3.81. The van der Waals surface area contributed by atoms with Crippen molar-refractivity contribution in [2.24, 2.45) is 0 Å². The van der Waals surface area contributed by atoms with Gasteiger partial charge in [-0.2, -0.15) is 17.0 Å². The van der Waals surface area contributed by atoms with Gasteiger partial charge in [-0.25, -0.2) is 0 Å². The van der Waals surface area contributed by atoms with Crippen LogP contribution < -0.4 is 0 Å². The van der Waals surface area contributed by atoms with Gasteiger partial charge in [-0.1, -0.05) is 13.3 Å². The Morgan fingerprint density at radius 2 is 2.00 bits per heavy atom. The summed E-state index contributed by atoms with van der Waals surface area (Å²) in [7, 11) is -1.64. The van der Waals surface area contributed by atoms with Crippen molar-refractivity contribution in [2.45, 2.75) is 26.3 Å². The summed E-state index contributed by atoms with van der Waals surface area (Å²) < 4.78 is 33.2. The lowest BCUT2D eigenvalue weighted by Crippen LogP contribution is -2.52. The van der Waals surface area contributed by atoms with Crippen LogP contribution in [0.3, 0.4) is 0 Å². The number of nitrogens with zero attached hydrogens (tertiary/aromatic N) is 3. The molecule has 7 heteroatoms. The molecule has 0 atom stereocenters. The normalized spacial score (nSPS) is 18.4. The number of piperazine rings is 1. The van der Waals surface area contributed by atoms with E-state index in [1.54, 1.807) is 17.6 Å². The van der Waals surface area contributed by atoms with Crippen LogP contribution in [-0.2, 0) is 16.8 Å². The standard InChI is InChI=1S/C14H25N3O3S/c1-3-4-7-15(2)21(18,19)17-10-8-16(9-11-17)13-14-6-5-12-20-14/h5-6,12H,3-4,7-11,13H2,1-2H3. The Balaban J connectivity index is 1.85. The van der Waals surface area contributed by atoms with E-state index in [9.17, 15) is 8.42 Å². The zero-order valence-corrected chi connectivity index (χ0v) is 13.7. The van der Waals surface area contributed by atoms with Gasteiger partial charge in [-0.15, -0.1) is 0 Å². The Labute approximate surface area is 127 Å². The van der Waals surface area contributed by atoms with E-state index >= 15 is 0 Å². The number of hydrogen-bond acceptors (Lipinski definition) is 4. The van der Waals surface area contributed by atoms with Crippen LogP contribution in [0.4, 0.5) is 0 Å². The fraction of sp³-hybridized carbons (Fsp3) is 0.714. The van der Waals surface area contributed by atoms with Gasteiger partial charge in [0, 0.05) is 39.8 Å². The van der Waals surface area contributed by atoms with Crippen LogP contribution in [-0.4, -0.2) is 61.7 Å². The van der Waals surface area contributed by atoms with E-state index in [4.69, 9.17) is 4.42 Å². The number of unbranched alkanes of at least 4 members (excludes halogenated alkanes) is 1. The van der Waals surface area contributed by atoms with E-state index in [0.29, 0.717) is 19.6 Å². The SMILES string of the molecule is CCCCN(C)S(=O)(=O)N1CCN(Cc2ccco2)CC1. The smallest absolute Gasteiger partial charge is 0.281 e. The lowest BCUT2D eigenvalue weighted by atomic mass is 10.3. The van der Waals surface area contributed by atoms with E-state index in [2.05, 4.69) is 11.8 Å². The molecule has 0 bridgehead atoms. The first-order valence-electron chi connectivity index (χ1n) is 7.50. The zero-order valence-electron chi connectivity index (χ0n) is 12.9. The summed E-state index contributed by atoms with van der Waals surface area (Å²) in [6.45, 7) is 5.95. The van der Waals surface area contributed by atoms with Crippen molar-refractivity contribution in [3.8, 4) is 0 Å². The maximum absolute atomic E-state index is 12.4. The lowest BCUT2D eigenvalue weighted by molar-refractivity contribution is 0.166. The molecule has 0 spiro atoms. The molecule has 1 aromatic heterocycles. The molecule has 120 valence electrons. The Kier molecular flexibility index (Phi) is 5.80. The summed E-state index contributed by atoms with van der Waals surface area (Å²) in [5.74, 6) is 0.923. The molecule has 0 amide bonds. The van der Waals surface area contributed by atoms with Crippen LogP contribution in [0.5, 0.6) is 0 Å². The highest BCUT2D eigenvalue weighted by molar-refractivity contribution is 7.86. The van der Waals surface area contributed by atoms with Gasteiger partial charge < -0.3 is 4.42 Å². The molecule has 0 unspecified atom stereocenters. The second-order valence-electron chi connectivity index (χ2n) is 5.44. The van der Waals surface area contributed by atoms with E-state index in [1.165, 1.54) is 4.31 Å². The quantitative estimate of drug-likeness (QED) is 0.763. The number of rotatable bonds is 7. The molecule has 21 heavy (non-hydrogen) atoms. The average Bonchev–Trinajstić information content (AvgIpc) is 2.98. The maximum atomic E-state index is 12.4. The van der Waals surface area contributed by atoms with E-state index in [0.717, 1.165) is 38.2 Å². The van der Waals surface area contributed by atoms with Crippen molar-refractivity contribution >= 4 is 10.2 Å². The topological polar surface area (TPSA) is 57.0 Å². The predicted molar refractivity (Wildman–Crippen MR) is 82.0 cm³/mol. The number of hydrogen-bond donors (Lipinski definition) is 0. The second-order valence-corrected chi connectivity index (χ2v) is 7.47. The molecule has 0 aromatic carbocycles. The van der Waals surface area contributed by atoms with E-state index in [-0.39, 0.29) is 0 Å². The van der Waals surface area contributed by atoms with Crippen molar-refractivity contribution in [1.82, 2.24) is 13.5 Å². The molecule has 0 aliphatic carbocycles. The maximum Gasteiger partial charge on any atom is 0.281 e. The van der Waals surface area contributed by atoms with Crippen LogP contribution in [0.25, 0.3) is 0 Å². The molecule has 1 aliphatic rings. The molecule has 0 saturated carbocycles. The van der Waals surface area contributed by atoms with E-state index in [1.807, 2.05) is 12.1 Å². The first kappa shape index (κ1) is 16.5. The summed E-state index contributed by atoms with van der Waals surface area (Å²) in [5, 5.41) is 0. The van der Waals surface area contributed by atoms with Gasteiger partial charge in [0.15, 0.2) is 0 Å². The Morgan fingerprint density at radius 1 is 1.29 bits per heavy atom. The van der Waals surface area contributed by atoms with Crippen LogP contribution >= 0.6 is 0 Å². The van der Waals surface area contributed by atoms with E-state index < -0.39 is 10.2 Å². The highest BCUT2D eigenvalue weighted by atomic mass is 32.2. The van der Waals surface area contributed by atoms with Crippen molar-refractivity contribution in [1.29, 1.82) is 0 Å². The molecule has 0 N–H and O–H groups in total. The molecule has 1 fully saturated rings. The van der Waals surface area contributed by atoms with Crippen molar-refractivity contribution in [2.75, 3.05) is 39.8 Å². The van der Waals surface area contributed by atoms with Gasteiger partial charge >= 0.3 is 0 Å². The summed E-state index contributed by atoms with van der Waals surface area (Å²) in [5.41, 5.74) is 0. The Bertz CT molecular complexity index is 508. The molecule has 1 aliphatic heterocycles. The van der Waals surface area contributed by atoms with Gasteiger partial charge in [0.2, 0.25) is 0 Å². The summed E-state index contributed by atoms with van der Waals surface area (Å²) in [4.78, 5) is 2.22. The van der Waals surface area contributed by atoms with Crippen LogP contribution in [0, 0.1) is 0 Å². The molecule has 1 saturated heterocycles. The van der Waals surface area contributed by atoms with Crippen molar-refractivity contribution < 1.29 is 12.8 Å². The minimum Gasteiger partial charge on any atom is -0.468 e. The Morgan fingerprint density at radius 3 is 2.57 bits per heavy atom. The van der Waals surface area contributed by atoms with Crippen molar-refractivity contribution in [3.63, 3.8) is 0 Å². The molecular weight excluding hydrogens is 290 g/mol. The first-order valence-corrected chi connectivity index (χ1v) is 8.90. The highest BCUT2D eigenvalue weighted by Crippen LogP contribution is 2.14. The van der Waals surface area contributed by atoms with Crippen LogP contribution in [0.2, 0.25) is 0 Å². The minimum atomic E-state index is -3.30. The summed E-state index contributed by atoms with van der Waals surface area (Å²) in [6.07, 6.45) is 3.56. The Hall–Kier alpha value is -0.890. The molecular formula is C14H25N3O3S. The molecule has 2 heterocycles. The fourth-order valence-electron chi connectivity index (χ4n) is 2.43. The summed E-state index contributed by atoms with van der Waals surface area (Å²) in [6, 6.07) is 3.82. The minimum absolute atomic E-state index is 0.541. The average molecular weight is 315 g/mol.